The van der Waals surface area contributed by atoms with Crippen LogP contribution >= 0.6 is 23.2 Å². The molecular weight excluding hydrogens is 187 g/mol. The third-order valence-electron chi connectivity index (χ3n) is 1.56. The summed E-state index contributed by atoms with van der Waals surface area (Å²) in [6.45, 7) is 0. The third kappa shape index (κ3) is 1.44. The highest BCUT2D eigenvalue weighted by Gasteiger charge is 2.28. The van der Waals surface area contributed by atoms with Gasteiger partial charge in [-0.15, -0.1) is 11.6 Å². The predicted octanol–water partition coefficient (Wildman–Crippen LogP) is 0.993. The second-order valence-electron chi connectivity index (χ2n) is 2.31. The van der Waals surface area contributed by atoms with Gasteiger partial charge in [0.05, 0.1) is 5.03 Å². The van der Waals surface area contributed by atoms with Gasteiger partial charge in [0.25, 0.3) is 5.91 Å². The topological polar surface area (TPSA) is 23.6 Å². The molecular formula is C6H8Cl2N2O. The second kappa shape index (κ2) is 2.91. The molecule has 1 amide bonds. The molecule has 1 atom stereocenters. The van der Waals surface area contributed by atoms with Crippen LogP contribution in [0.15, 0.2) is 11.2 Å². The van der Waals surface area contributed by atoms with Crippen LogP contribution in [-0.2, 0) is 4.79 Å². The Hall–Kier alpha value is -0.410. The minimum Gasteiger partial charge on any atom is -0.292 e. The summed E-state index contributed by atoms with van der Waals surface area (Å²) < 4.78 is 0. The van der Waals surface area contributed by atoms with Crippen LogP contribution in [0.5, 0.6) is 0 Å². The van der Waals surface area contributed by atoms with Gasteiger partial charge >= 0.3 is 0 Å². The van der Waals surface area contributed by atoms with Crippen LogP contribution in [0.25, 0.3) is 0 Å². The van der Waals surface area contributed by atoms with Crippen LogP contribution < -0.4 is 0 Å². The lowest BCUT2D eigenvalue weighted by Gasteiger charge is -2.32. The first kappa shape index (κ1) is 8.68. The maximum atomic E-state index is 11.2. The van der Waals surface area contributed by atoms with E-state index in [0.717, 1.165) is 0 Å². The monoisotopic (exact) mass is 194 g/mol. The number of nitrogens with zero attached hydrogens (tertiary/aromatic N) is 2. The lowest BCUT2D eigenvalue weighted by Crippen LogP contribution is -2.45. The van der Waals surface area contributed by atoms with Crippen molar-refractivity contribution in [1.82, 2.24) is 10.0 Å². The summed E-state index contributed by atoms with van der Waals surface area (Å²) in [4.78, 5) is 11.2. The van der Waals surface area contributed by atoms with E-state index in [1.54, 1.807) is 25.3 Å². The van der Waals surface area contributed by atoms with Crippen LogP contribution in [0.1, 0.15) is 0 Å². The maximum absolute atomic E-state index is 11.2. The maximum Gasteiger partial charge on any atom is 0.264 e. The molecule has 0 N–H and O–H groups in total. The Balaban J connectivity index is 2.92. The number of hydrogen-bond donors (Lipinski definition) is 0. The molecule has 11 heavy (non-hydrogen) atoms. The Labute approximate surface area is 75.1 Å². The van der Waals surface area contributed by atoms with E-state index >= 15 is 0 Å². The SMILES string of the molecule is CN1C=C(Cl)C(Cl)C(=O)N1C. The van der Waals surface area contributed by atoms with Gasteiger partial charge < -0.3 is 0 Å². The average Bonchev–Trinajstić information content (AvgIpc) is 1.97. The Bertz CT molecular complexity index is 217. The van der Waals surface area contributed by atoms with Gasteiger partial charge in [-0.25, -0.2) is 0 Å². The van der Waals surface area contributed by atoms with Crippen LogP contribution in [0.2, 0.25) is 0 Å². The molecule has 1 rings (SSSR count). The van der Waals surface area contributed by atoms with E-state index in [4.69, 9.17) is 23.2 Å². The first-order valence-electron chi connectivity index (χ1n) is 3.05. The molecule has 0 fully saturated rings. The summed E-state index contributed by atoms with van der Waals surface area (Å²) in [5.74, 6) is -0.207. The Morgan fingerprint density at radius 1 is 1.55 bits per heavy atom. The molecule has 3 nitrogen and oxygen atoms in total. The molecule has 1 aliphatic heterocycles. The zero-order chi connectivity index (χ0) is 8.59. The molecule has 0 saturated heterocycles. The van der Waals surface area contributed by atoms with Gasteiger partial charge in [0, 0.05) is 20.3 Å². The summed E-state index contributed by atoms with van der Waals surface area (Å²) in [6, 6.07) is 0. The fourth-order valence-electron chi connectivity index (χ4n) is 0.768. The smallest absolute Gasteiger partial charge is 0.264 e. The molecule has 0 spiro atoms. The summed E-state index contributed by atoms with van der Waals surface area (Å²) in [6.07, 6.45) is 1.61. The summed E-state index contributed by atoms with van der Waals surface area (Å²) >= 11 is 11.3. The van der Waals surface area contributed by atoms with Crippen molar-refractivity contribution >= 4 is 29.1 Å². The van der Waals surface area contributed by atoms with Crippen molar-refractivity contribution in [2.24, 2.45) is 0 Å². The molecule has 1 heterocycles. The van der Waals surface area contributed by atoms with Gasteiger partial charge in [-0.05, 0) is 0 Å². The van der Waals surface area contributed by atoms with Crippen molar-refractivity contribution < 1.29 is 4.79 Å². The number of hydrogen-bond acceptors (Lipinski definition) is 2. The minimum atomic E-state index is -0.724. The number of carbonyl (C=O) groups is 1. The fraction of sp³-hybridized carbons (Fsp3) is 0.500. The number of halogens is 2. The van der Waals surface area contributed by atoms with Crippen molar-refractivity contribution in [3.05, 3.63) is 11.2 Å². The number of alkyl halides is 1. The molecule has 62 valence electrons. The van der Waals surface area contributed by atoms with E-state index in [1.807, 2.05) is 0 Å². The van der Waals surface area contributed by atoms with Crippen LogP contribution in [0, 0.1) is 0 Å². The van der Waals surface area contributed by atoms with E-state index in [9.17, 15) is 4.79 Å². The normalized spacial score (nSPS) is 25.6. The zero-order valence-corrected chi connectivity index (χ0v) is 7.73. The Kier molecular flexibility index (Phi) is 2.30. The first-order chi connectivity index (χ1) is 5.04. The molecule has 0 bridgehead atoms. The summed E-state index contributed by atoms with van der Waals surface area (Å²) in [7, 11) is 3.36. The molecule has 0 aliphatic carbocycles. The van der Waals surface area contributed by atoms with Crippen molar-refractivity contribution in [3.8, 4) is 0 Å². The zero-order valence-electron chi connectivity index (χ0n) is 6.21. The number of hydrazine groups is 1. The van der Waals surface area contributed by atoms with E-state index in [-0.39, 0.29) is 5.91 Å². The van der Waals surface area contributed by atoms with Crippen LogP contribution in [-0.4, -0.2) is 35.4 Å². The van der Waals surface area contributed by atoms with Crippen LogP contribution in [0.4, 0.5) is 0 Å². The Morgan fingerprint density at radius 2 is 2.09 bits per heavy atom. The van der Waals surface area contributed by atoms with Crippen LogP contribution in [0.3, 0.4) is 0 Å². The van der Waals surface area contributed by atoms with E-state index in [1.165, 1.54) is 5.01 Å². The summed E-state index contributed by atoms with van der Waals surface area (Å²) in [5, 5.41) is 2.63. The van der Waals surface area contributed by atoms with Gasteiger partial charge in [-0.2, -0.15) is 0 Å². The molecule has 0 aromatic heterocycles. The Morgan fingerprint density at radius 3 is 2.64 bits per heavy atom. The van der Waals surface area contributed by atoms with E-state index < -0.39 is 5.38 Å². The minimum absolute atomic E-state index is 0.207. The molecule has 1 unspecified atom stereocenters. The quantitative estimate of drug-likeness (QED) is 0.538. The lowest BCUT2D eigenvalue weighted by atomic mass is 10.3. The third-order valence-corrected chi connectivity index (χ3v) is 2.41. The molecule has 1 aliphatic rings. The highest BCUT2D eigenvalue weighted by atomic mass is 35.5. The molecule has 0 radical (unpaired) electrons. The largest absolute Gasteiger partial charge is 0.292 e. The van der Waals surface area contributed by atoms with Gasteiger partial charge in [0.2, 0.25) is 0 Å². The first-order valence-corrected chi connectivity index (χ1v) is 3.87. The van der Waals surface area contributed by atoms with Gasteiger partial charge in [-0.3, -0.25) is 14.8 Å². The summed E-state index contributed by atoms with van der Waals surface area (Å²) in [5.41, 5.74) is 0. The van der Waals surface area contributed by atoms with Gasteiger partial charge in [0.15, 0.2) is 5.38 Å². The standard InChI is InChI=1S/C6H8Cl2N2O/c1-9-3-4(7)5(8)6(11)10(9)2/h3,5H,1-2H3. The van der Waals surface area contributed by atoms with Gasteiger partial charge in [-0.1, -0.05) is 11.6 Å². The van der Waals surface area contributed by atoms with E-state index in [0.29, 0.717) is 5.03 Å². The second-order valence-corrected chi connectivity index (χ2v) is 3.18. The van der Waals surface area contributed by atoms with Crippen molar-refractivity contribution in [2.75, 3.05) is 14.1 Å². The lowest BCUT2D eigenvalue weighted by molar-refractivity contribution is -0.140. The van der Waals surface area contributed by atoms with Crippen molar-refractivity contribution in [2.45, 2.75) is 5.38 Å². The van der Waals surface area contributed by atoms with Gasteiger partial charge in [0.1, 0.15) is 0 Å². The fourth-order valence-corrected chi connectivity index (χ4v) is 1.20. The molecule has 0 saturated carbocycles. The van der Waals surface area contributed by atoms with Crippen molar-refractivity contribution in [1.29, 1.82) is 0 Å². The van der Waals surface area contributed by atoms with Crippen molar-refractivity contribution in [3.63, 3.8) is 0 Å². The van der Waals surface area contributed by atoms with E-state index in [2.05, 4.69) is 0 Å². The molecule has 0 aromatic carbocycles. The number of rotatable bonds is 0. The number of amides is 1. The molecule has 0 aromatic rings. The highest BCUT2D eigenvalue weighted by molar-refractivity contribution is 6.43. The average molecular weight is 195 g/mol. The number of carbonyl (C=O) groups excluding carboxylic acids is 1. The predicted molar refractivity (Wildman–Crippen MR) is 44.1 cm³/mol. The molecule has 5 heteroatoms. The highest BCUT2D eigenvalue weighted by Crippen LogP contribution is 2.22.